The molecular formula is C14H12N2O. The number of hydrogen-bond acceptors (Lipinski definition) is 3. The van der Waals surface area contributed by atoms with Gasteiger partial charge in [0.1, 0.15) is 11.5 Å². The highest BCUT2D eigenvalue weighted by molar-refractivity contribution is 5.78. The summed E-state index contributed by atoms with van der Waals surface area (Å²) >= 11 is 0. The minimum absolute atomic E-state index is 0.776. The van der Waals surface area contributed by atoms with Crippen molar-refractivity contribution < 1.29 is 4.74 Å². The normalized spacial score (nSPS) is 13.1. The monoisotopic (exact) mass is 224 g/mol. The van der Waals surface area contributed by atoms with E-state index in [9.17, 15) is 0 Å². The predicted octanol–water partition coefficient (Wildman–Crippen LogP) is 2.53. The molecule has 0 unspecified atom stereocenters. The fourth-order valence-corrected chi connectivity index (χ4v) is 2.09. The highest BCUT2D eigenvalue weighted by Crippen LogP contribution is 2.27. The van der Waals surface area contributed by atoms with E-state index < -0.39 is 0 Å². The van der Waals surface area contributed by atoms with Crippen LogP contribution in [0.1, 0.15) is 22.5 Å². The Hall–Kier alpha value is -2.16. The highest BCUT2D eigenvalue weighted by Gasteiger charge is 2.16. The predicted molar refractivity (Wildman–Crippen MR) is 66.2 cm³/mol. The number of rotatable bonds is 1. The molecule has 0 fully saturated rings. The van der Waals surface area contributed by atoms with Gasteiger partial charge in [-0.25, -0.2) is 0 Å². The average molecular weight is 224 g/mol. The lowest BCUT2D eigenvalue weighted by Crippen LogP contribution is -1.97. The summed E-state index contributed by atoms with van der Waals surface area (Å²) in [6, 6.07) is 8.08. The Morgan fingerprint density at radius 3 is 2.65 bits per heavy atom. The Bertz CT molecular complexity index is 590. The van der Waals surface area contributed by atoms with Gasteiger partial charge in [-0.3, -0.25) is 9.97 Å². The highest BCUT2D eigenvalue weighted by atomic mass is 16.5. The molecular weight excluding hydrogens is 212 g/mol. The minimum Gasteiger partial charge on any atom is -0.494 e. The maximum atomic E-state index is 5.41. The minimum atomic E-state index is 0.776. The number of methoxy groups -OCH3 is 1. The summed E-state index contributed by atoms with van der Waals surface area (Å²) in [5.74, 6) is 0.776. The first-order valence-electron chi connectivity index (χ1n) is 5.52. The maximum absolute atomic E-state index is 5.41. The first-order chi connectivity index (χ1) is 8.38. The van der Waals surface area contributed by atoms with Crippen molar-refractivity contribution in [2.24, 2.45) is 0 Å². The number of nitrogens with zero attached hydrogens (tertiary/aromatic N) is 2. The zero-order valence-electron chi connectivity index (χ0n) is 9.55. The van der Waals surface area contributed by atoms with Crippen LogP contribution in [-0.2, 0) is 11.2 Å². The van der Waals surface area contributed by atoms with Gasteiger partial charge in [0.15, 0.2) is 0 Å². The van der Waals surface area contributed by atoms with Crippen molar-refractivity contribution in [3.05, 3.63) is 59.2 Å². The van der Waals surface area contributed by atoms with Gasteiger partial charge < -0.3 is 4.74 Å². The van der Waals surface area contributed by atoms with Gasteiger partial charge in [-0.2, -0.15) is 0 Å². The molecule has 84 valence electrons. The number of pyridine rings is 2. The van der Waals surface area contributed by atoms with Gasteiger partial charge in [-0.05, 0) is 23.3 Å². The molecule has 3 nitrogen and oxygen atoms in total. The first-order valence-corrected chi connectivity index (χ1v) is 5.52. The summed E-state index contributed by atoms with van der Waals surface area (Å²) in [4.78, 5) is 8.77. The summed E-state index contributed by atoms with van der Waals surface area (Å²) in [5.41, 5.74) is 4.25. The Kier molecular flexibility index (Phi) is 2.37. The average Bonchev–Trinajstić information content (AvgIpc) is 2.54. The lowest BCUT2D eigenvalue weighted by atomic mass is 10.1. The maximum Gasteiger partial charge on any atom is 0.146 e. The van der Waals surface area contributed by atoms with Crippen LogP contribution in [-0.4, -0.2) is 17.1 Å². The van der Waals surface area contributed by atoms with Crippen molar-refractivity contribution >= 4 is 11.8 Å². The third kappa shape index (κ3) is 1.69. The largest absolute Gasteiger partial charge is 0.494 e. The van der Waals surface area contributed by atoms with Gasteiger partial charge in [-0.1, -0.05) is 12.1 Å². The third-order valence-electron chi connectivity index (χ3n) is 2.92. The molecule has 0 saturated carbocycles. The topological polar surface area (TPSA) is 35.0 Å². The fourth-order valence-electron chi connectivity index (χ4n) is 2.09. The van der Waals surface area contributed by atoms with Crippen LogP contribution in [0.15, 0.2) is 36.7 Å². The van der Waals surface area contributed by atoms with E-state index in [0.29, 0.717) is 0 Å². The molecule has 3 rings (SSSR count). The number of ether oxygens (including phenoxy) is 1. The van der Waals surface area contributed by atoms with E-state index in [4.69, 9.17) is 4.74 Å². The van der Waals surface area contributed by atoms with Crippen LogP contribution in [0.25, 0.3) is 11.8 Å². The molecule has 0 aliphatic heterocycles. The van der Waals surface area contributed by atoms with Crippen molar-refractivity contribution in [3.63, 3.8) is 0 Å². The van der Waals surface area contributed by atoms with E-state index in [0.717, 1.165) is 23.6 Å². The summed E-state index contributed by atoms with van der Waals surface area (Å²) in [5, 5.41) is 0. The van der Waals surface area contributed by atoms with E-state index in [2.05, 4.69) is 22.1 Å². The zero-order valence-corrected chi connectivity index (χ0v) is 9.55. The van der Waals surface area contributed by atoms with Gasteiger partial charge in [-0.15, -0.1) is 0 Å². The van der Waals surface area contributed by atoms with Crippen molar-refractivity contribution in [2.75, 3.05) is 7.11 Å². The van der Waals surface area contributed by atoms with Crippen LogP contribution < -0.4 is 0 Å². The molecule has 0 atom stereocenters. The molecule has 0 aromatic carbocycles. The molecule has 2 aromatic rings. The SMILES string of the molecule is COC1=Cc2ncccc2Cc2cccnc21. The molecule has 1 aliphatic carbocycles. The Morgan fingerprint density at radius 1 is 1.06 bits per heavy atom. The summed E-state index contributed by atoms with van der Waals surface area (Å²) in [6.07, 6.45) is 6.38. The van der Waals surface area contributed by atoms with Gasteiger partial charge in [0.2, 0.25) is 0 Å². The van der Waals surface area contributed by atoms with Crippen LogP contribution >= 0.6 is 0 Å². The number of hydrogen-bond donors (Lipinski definition) is 0. The van der Waals surface area contributed by atoms with E-state index >= 15 is 0 Å². The summed E-state index contributed by atoms with van der Waals surface area (Å²) < 4.78 is 5.41. The van der Waals surface area contributed by atoms with Crippen molar-refractivity contribution in [2.45, 2.75) is 6.42 Å². The molecule has 0 amide bonds. The van der Waals surface area contributed by atoms with Crippen LogP contribution in [0.3, 0.4) is 0 Å². The number of fused-ring (bicyclic) bond motifs is 2. The second-order valence-corrected chi connectivity index (χ2v) is 3.95. The standard InChI is InChI=1S/C14H12N2O/c1-17-13-9-12-10(4-2-6-15-12)8-11-5-3-7-16-14(11)13/h2-7,9H,8H2,1H3. The lowest BCUT2D eigenvalue weighted by Gasteiger charge is -2.07. The lowest BCUT2D eigenvalue weighted by molar-refractivity contribution is 0.370. The van der Waals surface area contributed by atoms with Gasteiger partial charge in [0.25, 0.3) is 0 Å². The van der Waals surface area contributed by atoms with Crippen LogP contribution in [0.4, 0.5) is 0 Å². The van der Waals surface area contributed by atoms with E-state index in [-0.39, 0.29) is 0 Å². The second-order valence-electron chi connectivity index (χ2n) is 3.95. The smallest absolute Gasteiger partial charge is 0.146 e. The van der Waals surface area contributed by atoms with Crippen LogP contribution in [0.2, 0.25) is 0 Å². The van der Waals surface area contributed by atoms with E-state index in [1.807, 2.05) is 18.2 Å². The van der Waals surface area contributed by atoms with Crippen LogP contribution in [0, 0.1) is 0 Å². The molecule has 0 N–H and O–H groups in total. The molecule has 2 heterocycles. The quantitative estimate of drug-likeness (QED) is 0.746. The van der Waals surface area contributed by atoms with E-state index in [1.54, 1.807) is 19.5 Å². The Labute approximate surface area is 99.8 Å². The fraction of sp³-hybridized carbons (Fsp3) is 0.143. The molecule has 17 heavy (non-hydrogen) atoms. The van der Waals surface area contributed by atoms with Gasteiger partial charge >= 0.3 is 0 Å². The molecule has 0 spiro atoms. The van der Waals surface area contributed by atoms with Crippen molar-refractivity contribution in [3.8, 4) is 0 Å². The van der Waals surface area contributed by atoms with Crippen LogP contribution in [0.5, 0.6) is 0 Å². The molecule has 3 heteroatoms. The summed E-state index contributed by atoms with van der Waals surface area (Å²) in [6.45, 7) is 0. The van der Waals surface area contributed by atoms with Crippen molar-refractivity contribution in [1.82, 2.24) is 9.97 Å². The van der Waals surface area contributed by atoms with Gasteiger partial charge in [0.05, 0.1) is 12.8 Å². The first kappa shape index (κ1) is 10.0. The van der Waals surface area contributed by atoms with Gasteiger partial charge in [0, 0.05) is 24.9 Å². The molecule has 0 saturated heterocycles. The Balaban J connectivity index is 2.24. The molecule has 0 radical (unpaired) electrons. The second kappa shape index (κ2) is 4.01. The summed E-state index contributed by atoms with van der Waals surface area (Å²) in [7, 11) is 1.66. The zero-order chi connectivity index (χ0) is 11.7. The number of aromatic nitrogens is 2. The van der Waals surface area contributed by atoms with Crippen molar-refractivity contribution in [1.29, 1.82) is 0 Å². The third-order valence-corrected chi connectivity index (χ3v) is 2.92. The molecule has 2 aromatic heterocycles. The molecule has 1 aliphatic rings. The molecule has 0 bridgehead atoms. The Morgan fingerprint density at radius 2 is 1.82 bits per heavy atom. The van der Waals surface area contributed by atoms with E-state index in [1.165, 1.54) is 11.1 Å².